The van der Waals surface area contributed by atoms with E-state index in [-0.39, 0.29) is 18.4 Å². The first-order valence-corrected chi connectivity index (χ1v) is 9.35. The van der Waals surface area contributed by atoms with Crippen molar-refractivity contribution >= 4 is 16.8 Å². The molecule has 1 atom stereocenters. The van der Waals surface area contributed by atoms with Crippen LogP contribution in [0.1, 0.15) is 17.5 Å². The topological polar surface area (TPSA) is 42.4 Å². The fraction of sp³-hybridized carbons (Fsp3) is 0.273. The molecule has 150 valence electrons. The predicted molar refractivity (Wildman–Crippen MR) is 103 cm³/mol. The number of carbonyl (C=O) groups is 1. The molecule has 1 unspecified atom stereocenters. The number of carbonyl (C=O) groups excluding carboxylic acids is 1. The quantitative estimate of drug-likeness (QED) is 0.649. The van der Waals surface area contributed by atoms with E-state index in [1.54, 1.807) is 11.0 Å². The Morgan fingerprint density at radius 1 is 1.10 bits per heavy atom. The van der Waals surface area contributed by atoms with Gasteiger partial charge in [-0.1, -0.05) is 36.4 Å². The Labute approximate surface area is 165 Å². The normalized spacial score (nSPS) is 16.9. The van der Waals surface area contributed by atoms with E-state index < -0.39 is 11.7 Å². The van der Waals surface area contributed by atoms with E-state index in [9.17, 15) is 18.0 Å². The molecule has 0 bridgehead atoms. The highest BCUT2D eigenvalue weighted by molar-refractivity contribution is 5.79. The van der Waals surface area contributed by atoms with Crippen LogP contribution in [0.5, 0.6) is 5.88 Å². The maximum absolute atomic E-state index is 12.8. The summed E-state index contributed by atoms with van der Waals surface area (Å²) in [6, 6.07) is 16.3. The number of rotatable bonds is 4. The van der Waals surface area contributed by atoms with Crippen molar-refractivity contribution in [3.05, 3.63) is 71.8 Å². The number of halogens is 3. The number of amides is 1. The number of nitrogens with zero attached hydrogens (tertiary/aromatic N) is 2. The molecule has 7 heteroatoms. The van der Waals surface area contributed by atoms with Crippen LogP contribution >= 0.6 is 0 Å². The highest BCUT2D eigenvalue weighted by Crippen LogP contribution is 2.30. The minimum atomic E-state index is -4.42. The smallest absolute Gasteiger partial charge is 0.416 e. The summed E-state index contributed by atoms with van der Waals surface area (Å²) in [4.78, 5) is 18.6. The van der Waals surface area contributed by atoms with Gasteiger partial charge in [-0.15, -0.1) is 0 Å². The molecule has 29 heavy (non-hydrogen) atoms. The molecule has 4 rings (SSSR count). The van der Waals surface area contributed by atoms with E-state index in [4.69, 9.17) is 4.74 Å². The zero-order valence-corrected chi connectivity index (χ0v) is 15.5. The molecule has 0 radical (unpaired) electrons. The molecule has 1 aliphatic heterocycles. The second kappa shape index (κ2) is 7.73. The number of benzene rings is 2. The number of pyridine rings is 1. The summed E-state index contributed by atoms with van der Waals surface area (Å²) in [5.74, 6) is 0.294. The van der Waals surface area contributed by atoms with Crippen molar-refractivity contribution in [3.8, 4) is 5.88 Å². The number of hydrogen-bond acceptors (Lipinski definition) is 3. The molecule has 3 aromatic rings. The van der Waals surface area contributed by atoms with Crippen LogP contribution in [0, 0.1) is 0 Å². The van der Waals surface area contributed by atoms with Crippen molar-refractivity contribution in [2.24, 2.45) is 0 Å². The van der Waals surface area contributed by atoms with E-state index >= 15 is 0 Å². The van der Waals surface area contributed by atoms with Gasteiger partial charge in [0.25, 0.3) is 0 Å². The lowest BCUT2D eigenvalue weighted by Crippen LogP contribution is -2.32. The van der Waals surface area contributed by atoms with Crippen LogP contribution in [-0.2, 0) is 17.4 Å². The van der Waals surface area contributed by atoms with Crippen molar-refractivity contribution < 1.29 is 22.7 Å². The molecule has 2 aromatic carbocycles. The molecule has 0 saturated carbocycles. The van der Waals surface area contributed by atoms with Crippen LogP contribution in [-0.4, -0.2) is 35.0 Å². The van der Waals surface area contributed by atoms with Crippen molar-refractivity contribution in [2.75, 3.05) is 13.1 Å². The highest BCUT2D eigenvalue weighted by atomic mass is 19.4. The second-order valence-corrected chi connectivity index (χ2v) is 7.09. The Morgan fingerprint density at radius 3 is 2.76 bits per heavy atom. The first-order valence-electron chi connectivity index (χ1n) is 9.35. The Morgan fingerprint density at radius 2 is 1.93 bits per heavy atom. The monoisotopic (exact) mass is 400 g/mol. The molecule has 1 aromatic heterocycles. The number of likely N-dealkylation sites (tertiary alicyclic amines) is 1. The fourth-order valence-corrected chi connectivity index (χ4v) is 3.48. The molecule has 0 N–H and O–H groups in total. The summed E-state index contributed by atoms with van der Waals surface area (Å²) in [6.45, 7) is 0.905. The molecule has 2 heterocycles. The number of fused-ring (bicyclic) bond motifs is 1. The van der Waals surface area contributed by atoms with Crippen molar-refractivity contribution in [2.45, 2.75) is 25.1 Å². The summed E-state index contributed by atoms with van der Waals surface area (Å²) >= 11 is 0. The third-order valence-corrected chi connectivity index (χ3v) is 4.97. The van der Waals surface area contributed by atoms with Gasteiger partial charge in [0, 0.05) is 24.4 Å². The van der Waals surface area contributed by atoms with Gasteiger partial charge in [-0.25, -0.2) is 4.98 Å². The molecule has 1 amide bonds. The molecule has 1 saturated heterocycles. The maximum atomic E-state index is 12.8. The van der Waals surface area contributed by atoms with Crippen molar-refractivity contribution in [3.63, 3.8) is 0 Å². The summed E-state index contributed by atoms with van der Waals surface area (Å²) in [6.07, 6.45) is -4.01. The summed E-state index contributed by atoms with van der Waals surface area (Å²) in [7, 11) is 0. The minimum Gasteiger partial charge on any atom is -0.472 e. The zero-order chi connectivity index (χ0) is 20.4. The zero-order valence-electron chi connectivity index (χ0n) is 15.5. The summed E-state index contributed by atoms with van der Waals surface area (Å²) in [5.41, 5.74) is 0.443. The van der Waals surface area contributed by atoms with Gasteiger partial charge in [0.05, 0.1) is 24.0 Å². The first kappa shape index (κ1) is 19.2. The SMILES string of the molecule is O=C(Cc1cccc(C(F)(F)F)c1)N1CCC(Oc2ccc3ccccc3n2)C1. The number of ether oxygens (including phenoxy) is 1. The van der Waals surface area contributed by atoms with E-state index in [0.717, 1.165) is 23.0 Å². The van der Waals surface area contributed by atoms with Gasteiger partial charge in [-0.2, -0.15) is 13.2 Å². The van der Waals surface area contributed by atoms with Crippen molar-refractivity contribution in [1.82, 2.24) is 9.88 Å². The Bertz CT molecular complexity index is 1040. The van der Waals surface area contributed by atoms with Crippen LogP contribution in [0.2, 0.25) is 0 Å². The number of alkyl halides is 3. The lowest BCUT2D eigenvalue weighted by atomic mass is 10.1. The lowest BCUT2D eigenvalue weighted by molar-refractivity contribution is -0.138. The van der Waals surface area contributed by atoms with E-state index in [1.165, 1.54) is 12.1 Å². The van der Waals surface area contributed by atoms with Crippen LogP contribution in [0.15, 0.2) is 60.7 Å². The van der Waals surface area contributed by atoms with Gasteiger partial charge in [0.15, 0.2) is 0 Å². The Kier molecular flexibility index (Phi) is 5.13. The summed E-state index contributed by atoms with van der Waals surface area (Å²) < 4.78 is 44.5. The minimum absolute atomic E-state index is 0.0646. The van der Waals surface area contributed by atoms with Crippen LogP contribution in [0.4, 0.5) is 13.2 Å². The first-order chi connectivity index (χ1) is 13.9. The van der Waals surface area contributed by atoms with Gasteiger partial charge in [0.1, 0.15) is 6.10 Å². The largest absolute Gasteiger partial charge is 0.472 e. The van der Waals surface area contributed by atoms with Crippen molar-refractivity contribution in [1.29, 1.82) is 0 Å². The lowest BCUT2D eigenvalue weighted by Gasteiger charge is -2.17. The van der Waals surface area contributed by atoms with Gasteiger partial charge in [0.2, 0.25) is 11.8 Å². The molecule has 0 aliphatic carbocycles. The Balaban J connectivity index is 1.37. The van der Waals surface area contributed by atoms with E-state index in [0.29, 0.717) is 31.0 Å². The average molecular weight is 400 g/mol. The molecule has 1 fully saturated rings. The molecular weight excluding hydrogens is 381 g/mol. The molecular formula is C22H19F3N2O2. The van der Waals surface area contributed by atoms with Gasteiger partial charge in [-0.3, -0.25) is 4.79 Å². The van der Waals surface area contributed by atoms with Gasteiger partial charge in [-0.05, 0) is 23.8 Å². The van der Waals surface area contributed by atoms with Gasteiger partial charge < -0.3 is 9.64 Å². The third kappa shape index (κ3) is 4.50. The standard InChI is InChI=1S/C22H19F3N2O2/c23-22(24,25)17-6-3-4-15(12-17)13-21(28)27-11-10-18(14-27)29-20-9-8-16-5-1-2-7-19(16)26-20/h1-9,12,18H,10-11,13-14H2. The molecule has 0 spiro atoms. The highest BCUT2D eigenvalue weighted by Gasteiger charge is 2.31. The average Bonchev–Trinajstić information content (AvgIpc) is 3.16. The maximum Gasteiger partial charge on any atom is 0.416 e. The van der Waals surface area contributed by atoms with E-state index in [1.807, 2.05) is 30.3 Å². The van der Waals surface area contributed by atoms with Gasteiger partial charge >= 0.3 is 6.18 Å². The third-order valence-electron chi connectivity index (χ3n) is 4.97. The van der Waals surface area contributed by atoms with Crippen LogP contribution in [0.3, 0.4) is 0 Å². The second-order valence-electron chi connectivity index (χ2n) is 7.09. The van der Waals surface area contributed by atoms with Crippen LogP contribution in [0.25, 0.3) is 10.9 Å². The van der Waals surface area contributed by atoms with Crippen LogP contribution < -0.4 is 4.74 Å². The fourth-order valence-electron chi connectivity index (χ4n) is 3.48. The number of para-hydroxylation sites is 1. The predicted octanol–water partition coefficient (Wildman–Crippen LogP) is 4.48. The number of aromatic nitrogens is 1. The van der Waals surface area contributed by atoms with E-state index in [2.05, 4.69) is 4.98 Å². The molecule has 1 aliphatic rings. The number of hydrogen-bond donors (Lipinski definition) is 0. The Hall–Kier alpha value is -3.09. The summed E-state index contributed by atoms with van der Waals surface area (Å²) in [5, 5.41) is 1.02. The molecule has 4 nitrogen and oxygen atoms in total.